The highest BCUT2D eigenvalue weighted by Gasteiger charge is 2.35. The van der Waals surface area contributed by atoms with Crippen LogP contribution in [0.15, 0.2) is 29.3 Å². The van der Waals surface area contributed by atoms with Crippen LogP contribution in [0.25, 0.3) is 0 Å². The number of ether oxygens (including phenoxy) is 1. The first-order valence-electron chi connectivity index (χ1n) is 5.83. The fourth-order valence-electron chi connectivity index (χ4n) is 2.15. The molecule has 4 nitrogen and oxygen atoms in total. The quantitative estimate of drug-likeness (QED) is 0.919. The highest BCUT2D eigenvalue weighted by molar-refractivity contribution is 5.80. The molecule has 0 bridgehead atoms. The van der Waals surface area contributed by atoms with Crippen molar-refractivity contribution in [1.82, 2.24) is 4.90 Å². The van der Waals surface area contributed by atoms with Gasteiger partial charge in [-0.3, -0.25) is 4.99 Å². The average molecular weight is 273 g/mol. The summed E-state index contributed by atoms with van der Waals surface area (Å²) in [6, 6.07) is 5.75. The van der Waals surface area contributed by atoms with Gasteiger partial charge in [-0.25, -0.2) is 0 Å². The topological polar surface area (TPSA) is 50.8 Å². The Balaban J connectivity index is 2.30. The Kier molecular flexibility index (Phi) is 3.55. The van der Waals surface area contributed by atoms with Crippen molar-refractivity contribution in [2.75, 3.05) is 13.1 Å². The van der Waals surface area contributed by atoms with Crippen molar-refractivity contribution in [3.05, 3.63) is 29.8 Å². The van der Waals surface area contributed by atoms with E-state index in [0.29, 0.717) is 24.6 Å². The maximum Gasteiger partial charge on any atom is 0.573 e. The van der Waals surface area contributed by atoms with Crippen LogP contribution in [-0.2, 0) is 0 Å². The molecule has 1 atom stereocenters. The fourth-order valence-corrected chi connectivity index (χ4v) is 2.15. The zero-order chi connectivity index (χ0) is 14.0. The van der Waals surface area contributed by atoms with Gasteiger partial charge >= 0.3 is 6.36 Å². The number of hydrogen-bond donors (Lipinski definition) is 1. The van der Waals surface area contributed by atoms with E-state index in [4.69, 9.17) is 5.73 Å². The van der Waals surface area contributed by atoms with Crippen molar-refractivity contribution in [2.24, 2.45) is 10.7 Å². The van der Waals surface area contributed by atoms with Crippen LogP contribution in [0.5, 0.6) is 5.75 Å². The fraction of sp³-hybridized carbons (Fsp3) is 0.417. The Morgan fingerprint density at radius 3 is 2.74 bits per heavy atom. The monoisotopic (exact) mass is 273 g/mol. The molecule has 0 amide bonds. The van der Waals surface area contributed by atoms with E-state index in [1.807, 2.05) is 6.92 Å². The Hall–Kier alpha value is -1.92. The summed E-state index contributed by atoms with van der Waals surface area (Å²) >= 11 is 0. The summed E-state index contributed by atoms with van der Waals surface area (Å²) < 4.78 is 41.2. The molecular weight excluding hydrogens is 259 g/mol. The molecule has 1 unspecified atom stereocenters. The standard InChI is InChI=1S/C12H14F3N3O/c1-2-18-9(7-17-11(18)16)8-5-3-4-6-10(8)19-12(13,14)15/h3-6,9H,2,7H2,1H3,(H2,16,17). The molecule has 0 aliphatic carbocycles. The van der Waals surface area contributed by atoms with E-state index in [-0.39, 0.29) is 11.8 Å². The smallest absolute Gasteiger partial charge is 0.405 e. The summed E-state index contributed by atoms with van der Waals surface area (Å²) in [6.45, 7) is 2.77. The molecule has 0 aromatic heterocycles. The van der Waals surface area contributed by atoms with Crippen LogP contribution in [0.1, 0.15) is 18.5 Å². The number of nitrogens with zero attached hydrogens (tertiary/aromatic N) is 2. The minimum Gasteiger partial charge on any atom is -0.405 e. The number of hydrogen-bond acceptors (Lipinski definition) is 4. The normalized spacial score (nSPS) is 19.5. The lowest BCUT2D eigenvalue weighted by Crippen LogP contribution is -2.36. The molecule has 7 heteroatoms. The molecule has 0 saturated heterocycles. The van der Waals surface area contributed by atoms with Crippen LogP contribution in [0.4, 0.5) is 13.2 Å². The number of nitrogens with two attached hydrogens (primary N) is 1. The van der Waals surface area contributed by atoms with Crippen LogP contribution in [0.2, 0.25) is 0 Å². The zero-order valence-electron chi connectivity index (χ0n) is 10.3. The van der Waals surface area contributed by atoms with Gasteiger partial charge in [0.05, 0.1) is 12.6 Å². The Labute approximate surface area is 108 Å². The molecule has 1 aliphatic heterocycles. The third kappa shape index (κ3) is 2.91. The van der Waals surface area contributed by atoms with E-state index >= 15 is 0 Å². The molecule has 1 heterocycles. The Bertz CT molecular complexity index is 487. The second-order valence-corrected chi connectivity index (χ2v) is 4.09. The predicted octanol–water partition coefficient (Wildman–Crippen LogP) is 2.28. The number of halogens is 3. The van der Waals surface area contributed by atoms with Crippen molar-refractivity contribution in [3.63, 3.8) is 0 Å². The largest absolute Gasteiger partial charge is 0.573 e. The predicted molar refractivity (Wildman–Crippen MR) is 64.7 cm³/mol. The summed E-state index contributed by atoms with van der Waals surface area (Å²) in [6.07, 6.45) is -4.71. The van der Waals surface area contributed by atoms with E-state index in [2.05, 4.69) is 9.73 Å². The van der Waals surface area contributed by atoms with E-state index in [9.17, 15) is 13.2 Å². The second-order valence-electron chi connectivity index (χ2n) is 4.09. The Morgan fingerprint density at radius 2 is 2.11 bits per heavy atom. The van der Waals surface area contributed by atoms with Crippen molar-refractivity contribution in [2.45, 2.75) is 19.3 Å². The number of rotatable bonds is 3. The molecule has 19 heavy (non-hydrogen) atoms. The van der Waals surface area contributed by atoms with Crippen LogP contribution in [0.3, 0.4) is 0 Å². The number of alkyl halides is 3. The first-order valence-corrected chi connectivity index (χ1v) is 5.83. The lowest BCUT2D eigenvalue weighted by molar-refractivity contribution is -0.275. The van der Waals surface area contributed by atoms with E-state index in [1.165, 1.54) is 12.1 Å². The van der Waals surface area contributed by atoms with Gasteiger partial charge in [-0.2, -0.15) is 0 Å². The van der Waals surface area contributed by atoms with Crippen molar-refractivity contribution in [3.8, 4) is 5.75 Å². The Morgan fingerprint density at radius 1 is 1.42 bits per heavy atom. The maximum atomic E-state index is 12.4. The lowest BCUT2D eigenvalue weighted by Gasteiger charge is -2.26. The molecule has 0 radical (unpaired) electrons. The van der Waals surface area contributed by atoms with E-state index < -0.39 is 6.36 Å². The molecule has 104 valence electrons. The molecule has 0 saturated carbocycles. The molecule has 1 aromatic carbocycles. The first kappa shape index (κ1) is 13.5. The van der Waals surface area contributed by atoms with Crippen LogP contribution < -0.4 is 10.5 Å². The summed E-state index contributed by atoms with van der Waals surface area (Å²) in [4.78, 5) is 5.82. The van der Waals surface area contributed by atoms with Crippen LogP contribution in [-0.4, -0.2) is 30.3 Å². The molecule has 2 N–H and O–H groups in total. The molecule has 1 aliphatic rings. The minimum atomic E-state index is -4.71. The van der Waals surface area contributed by atoms with Gasteiger partial charge in [-0.05, 0) is 13.0 Å². The highest BCUT2D eigenvalue weighted by Crippen LogP contribution is 2.34. The number of benzene rings is 1. The minimum absolute atomic E-state index is 0.205. The van der Waals surface area contributed by atoms with Crippen LogP contribution in [0, 0.1) is 0 Å². The van der Waals surface area contributed by atoms with E-state index in [0.717, 1.165) is 0 Å². The zero-order valence-corrected chi connectivity index (χ0v) is 10.3. The third-order valence-electron chi connectivity index (χ3n) is 2.94. The van der Waals surface area contributed by atoms with Gasteiger partial charge < -0.3 is 15.4 Å². The maximum absolute atomic E-state index is 12.4. The summed E-state index contributed by atoms with van der Waals surface area (Å²) in [5, 5.41) is 0. The van der Waals surface area contributed by atoms with Gasteiger partial charge in [0.25, 0.3) is 0 Å². The van der Waals surface area contributed by atoms with Gasteiger partial charge in [0, 0.05) is 12.1 Å². The van der Waals surface area contributed by atoms with E-state index in [1.54, 1.807) is 17.0 Å². The molecular formula is C12H14F3N3O. The van der Waals surface area contributed by atoms with Gasteiger partial charge in [-0.15, -0.1) is 13.2 Å². The average Bonchev–Trinajstić information content (AvgIpc) is 2.69. The summed E-state index contributed by atoms with van der Waals surface area (Å²) in [5.74, 6) is 0.137. The van der Waals surface area contributed by atoms with Crippen molar-refractivity contribution in [1.29, 1.82) is 0 Å². The summed E-state index contributed by atoms with van der Waals surface area (Å²) in [7, 11) is 0. The van der Waals surface area contributed by atoms with Crippen molar-refractivity contribution >= 4 is 5.96 Å². The summed E-state index contributed by atoms with van der Waals surface area (Å²) in [5.41, 5.74) is 6.14. The lowest BCUT2D eigenvalue weighted by atomic mass is 10.1. The molecule has 0 spiro atoms. The third-order valence-corrected chi connectivity index (χ3v) is 2.94. The molecule has 2 rings (SSSR count). The van der Waals surface area contributed by atoms with Gasteiger partial charge in [0.2, 0.25) is 0 Å². The van der Waals surface area contributed by atoms with Crippen LogP contribution >= 0.6 is 0 Å². The number of para-hydroxylation sites is 1. The van der Waals surface area contributed by atoms with Gasteiger partial charge in [0.1, 0.15) is 5.75 Å². The van der Waals surface area contributed by atoms with Gasteiger partial charge in [0.15, 0.2) is 5.96 Å². The first-order chi connectivity index (χ1) is 8.92. The van der Waals surface area contributed by atoms with Gasteiger partial charge in [-0.1, -0.05) is 18.2 Å². The highest BCUT2D eigenvalue weighted by atomic mass is 19.4. The number of guanidine groups is 1. The second kappa shape index (κ2) is 4.99. The molecule has 1 aromatic rings. The van der Waals surface area contributed by atoms with Crippen molar-refractivity contribution < 1.29 is 17.9 Å². The SMILES string of the molecule is CCN1C(N)=NCC1c1ccccc1OC(F)(F)F. The molecule has 0 fully saturated rings. The number of aliphatic imine (C=N–C) groups is 1. The number of likely N-dealkylation sites (N-methyl/N-ethyl adjacent to an activating group) is 1.